The van der Waals surface area contributed by atoms with E-state index in [9.17, 15) is 13.2 Å². The van der Waals surface area contributed by atoms with Crippen molar-refractivity contribution in [3.05, 3.63) is 29.8 Å². The SMILES string of the molecule is O=C(c1cccc(N2CCCS2(=O)=O)c1)N1CCC(C2OCCO2)CC1. The number of sulfonamides is 1. The molecule has 0 N–H and O–H groups in total. The molecule has 1 amide bonds. The fourth-order valence-electron chi connectivity index (χ4n) is 3.93. The first kappa shape index (κ1) is 17.8. The molecule has 0 radical (unpaired) electrons. The summed E-state index contributed by atoms with van der Waals surface area (Å²) in [7, 11) is -3.24. The van der Waals surface area contributed by atoms with Gasteiger partial charge in [-0.05, 0) is 37.5 Å². The average Bonchev–Trinajstić information content (AvgIpc) is 3.31. The van der Waals surface area contributed by atoms with Crippen LogP contribution in [0.4, 0.5) is 5.69 Å². The van der Waals surface area contributed by atoms with Crippen molar-refractivity contribution in [3.63, 3.8) is 0 Å². The van der Waals surface area contributed by atoms with Crippen LogP contribution in [0.1, 0.15) is 29.6 Å². The molecule has 3 aliphatic heterocycles. The molecule has 0 aliphatic carbocycles. The third-order valence-electron chi connectivity index (χ3n) is 5.34. The lowest BCUT2D eigenvalue weighted by atomic mass is 9.95. The van der Waals surface area contributed by atoms with Gasteiger partial charge in [-0.3, -0.25) is 9.10 Å². The summed E-state index contributed by atoms with van der Waals surface area (Å²) >= 11 is 0. The second-order valence-corrected chi connectivity index (χ2v) is 9.04. The average molecular weight is 380 g/mol. The van der Waals surface area contributed by atoms with Crippen molar-refractivity contribution in [2.75, 3.05) is 42.9 Å². The molecular weight excluding hydrogens is 356 g/mol. The zero-order valence-corrected chi connectivity index (χ0v) is 15.5. The smallest absolute Gasteiger partial charge is 0.253 e. The highest BCUT2D eigenvalue weighted by Gasteiger charge is 2.33. The van der Waals surface area contributed by atoms with Crippen molar-refractivity contribution in [2.45, 2.75) is 25.6 Å². The molecule has 1 aromatic carbocycles. The van der Waals surface area contributed by atoms with Crippen molar-refractivity contribution in [2.24, 2.45) is 5.92 Å². The highest BCUT2D eigenvalue weighted by molar-refractivity contribution is 7.93. The Balaban J connectivity index is 1.43. The molecule has 0 aromatic heterocycles. The summed E-state index contributed by atoms with van der Waals surface area (Å²) in [5.74, 6) is 0.460. The van der Waals surface area contributed by atoms with E-state index in [1.807, 2.05) is 4.90 Å². The van der Waals surface area contributed by atoms with Crippen LogP contribution in [-0.4, -0.2) is 64.1 Å². The van der Waals surface area contributed by atoms with Gasteiger partial charge in [0.25, 0.3) is 5.91 Å². The minimum atomic E-state index is -3.24. The van der Waals surface area contributed by atoms with Gasteiger partial charge in [0.05, 0.1) is 24.7 Å². The van der Waals surface area contributed by atoms with Crippen LogP contribution in [0.25, 0.3) is 0 Å². The molecule has 3 saturated heterocycles. The van der Waals surface area contributed by atoms with Crippen LogP contribution in [0.15, 0.2) is 24.3 Å². The Hall–Kier alpha value is -1.64. The van der Waals surface area contributed by atoms with E-state index in [1.54, 1.807) is 24.3 Å². The summed E-state index contributed by atoms with van der Waals surface area (Å²) in [6, 6.07) is 6.95. The van der Waals surface area contributed by atoms with Crippen molar-refractivity contribution < 1.29 is 22.7 Å². The van der Waals surface area contributed by atoms with Gasteiger partial charge in [0.15, 0.2) is 6.29 Å². The minimum absolute atomic E-state index is 0.0462. The number of hydrogen-bond donors (Lipinski definition) is 0. The Morgan fingerprint density at radius 3 is 2.46 bits per heavy atom. The van der Waals surface area contributed by atoms with Crippen LogP contribution < -0.4 is 4.31 Å². The number of ether oxygens (including phenoxy) is 2. The lowest BCUT2D eigenvalue weighted by Crippen LogP contribution is -2.41. The van der Waals surface area contributed by atoms with Gasteiger partial charge in [-0.15, -0.1) is 0 Å². The number of hydrogen-bond acceptors (Lipinski definition) is 5. The summed E-state index contributed by atoms with van der Waals surface area (Å²) in [6.45, 7) is 3.11. The predicted molar refractivity (Wildman–Crippen MR) is 96.5 cm³/mol. The Labute approximate surface area is 153 Å². The standard InChI is InChI=1S/C18H24N2O5S/c21-17(19-8-5-14(6-9-19)18-24-10-11-25-18)15-3-1-4-16(13-15)20-7-2-12-26(20,22)23/h1,3-4,13-14,18H,2,5-12H2. The first-order chi connectivity index (χ1) is 12.5. The molecule has 3 aliphatic rings. The molecule has 0 bridgehead atoms. The van der Waals surface area contributed by atoms with E-state index >= 15 is 0 Å². The molecule has 8 heteroatoms. The van der Waals surface area contributed by atoms with E-state index in [-0.39, 0.29) is 18.0 Å². The molecule has 0 spiro atoms. The molecule has 0 saturated carbocycles. The summed E-state index contributed by atoms with van der Waals surface area (Å²) < 4.78 is 36.8. The second-order valence-electron chi connectivity index (χ2n) is 7.03. The Bertz CT molecular complexity index is 768. The number of benzene rings is 1. The zero-order chi connectivity index (χ0) is 18.1. The predicted octanol–water partition coefficient (Wildman–Crippen LogP) is 1.45. The van der Waals surface area contributed by atoms with Gasteiger partial charge < -0.3 is 14.4 Å². The fourth-order valence-corrected chi connectivity index (χ4v) is 5.49. The van der Waals surface area contributed by atoms with Crippen LogP contribution in [-0.2, 0) is 19.5 Å². The molecular formula is C18H24N2O5S. The van der Waals surface area contributed by atoms with Crippen LogP contribution >= 0.6 is 0 Å². The third-order valence-corrected chi connectivity index (χ3v) is 7.21. The van der Waals surface area contributed by atoms with Gasteiger partial charge in [-0.2, -0.15) is 0 Å². The van der Waals surface area contributed by atoms with Crippen LogP contribution in [0.2, 0.25) is 0 Å². The molecule has 0 atom stereocenters. The lowest BCUT2D eigenvalue weighted by molar-refractivity contribution is -0.0956. The number of rotatable bonds is 3. The Kier molecular flexibility index (Phi) is 4.90. The molecule has 26 heavy (non-hydrogen) atoms. The number of piperidine rings is 1. The third kappa shape index (κ3) is 3.45. The van der Waals surface area contributed by atoms with E-state index in [0.717, 1.165) is 12.8 Å². The summed E-state index contributed by atoms with van der Waals surface area (Å²) in [5.41, 5.74) is 1.12. The first-order valence-corrected chi connectivity index (χ1v) is 10.8. The van der Waals surface area contributed by atoms with Gasteiger partial charge in [0.2, 0.25) is 10.0 Å². The highest BCUT2D eigenvalue weighted by atomic mass is 32.2. The van der Waals surface area contributed by atoms with Gasteiger partial charge in [-0.25, -0.2) is 8.42 Å². The molecule has 0 unspecified atom stereocenters. The molecule has 3 fully saturated rings. The van der Waals surface area contributed by atoms with E-state index in [2.05, 4.69) is 0 Å². The van der Waals surface area contributed by atoms with Gasteiger partial charge in [0, 0.05) is 31.1 Å². The highest BCUT2D eigenvalue weighted by Crippen LogP contribution is 2.28. The summed E-state index contributed by atoms with van der Waals surface area (Å²) in [4.78, 5) is 14.7. The molecule has 7 nitrogen and oxygen atoms in total. The van der Waals surface area contributed by atoms with E-state index in [1.165, 1.54) is 4.31 Å². The van der Waals surface area contributed by atoms with Crippen molar-refractivity contribution >= 4 is 21.6 Å². The second kappa shape index (κ2) is 7.17. The van der Waals surface area contributed by atoms with E-state index in [0.29, 0.717) is 56.4 Å². The number of amides is 1. The van der Waals surface area contributed by atoms with Gasteiger partial charge in [-0.1, -0.05) is 6.07 Å². The number of likely N-dealkylation sites (tertiary alicyclic amines) is 1. The van der Waals surface area contributed by atoms with Gasteiger partial charge >= 0.3 is 0 Å². The molecule has 4 rings (SSSR count). The van der Waals surface area contributed by atoms with Crippen LogP contribution in [0, 0.1) is 5.92 Å². The maximum Gasteiger partial charge on any atom is 0.253 e. The largest absolute Gasteiger partial charge is 0.350 e. The monoisotopic (exact) mass is 380 g/mol. The summed E-state index contributed by atoms with van der Waals surface area (Å²) in [6.07, 6.45) is 2.21. The number of nitrogens with zero attached hydrogens (tertiary/aromatic N) is 2. The number of carbonyl (C=O) groups excluding carboxylic acids is 1. The zero-order valence-electron chi connectivity index (χ0n) is 14.7. The van der Waals surface area contributed by atoms with Crippen LogP contribution in [0.5, 0.6) is 0 Å². The minimum Gasteiger partial charge on any atom is -0.350 e. The molecule has 1 aromatic rings. The quantitative estimate of drug-likeness (QED) is 0.793. The Morgan fingerprint density at radius 2 is 1.81 bits per heavy atom. The topological polar surface area (TPSA) is 76.2 Å². The maximum atomic E-state index is 12.9. The molecule has 3 heterocycles. The maximum absolute atomic E-state index is 12.9. The normalized spacial score (nSPS) is 24.3. The van der Waals surface area contributed by atoms with Crippen LogP contribution in [0.3, 0.4) is 0 Å². The summed E-state index contributed by atoms with van der Waals surface area (Å²) in [5, 5.41) is 0. The Morgan fingerprint density at radius 1 is 1.08 bits per heavy atom. The van der Waals surface area contributed by atoms with E-state index in [4.69, 9.17) is 9.47 Å². The molecule has 142 valence electrons. The fraction of sp³-hybridized carbons (Fsp3) is 0.611. The van der Waals surface area contributed by atoms with Crippen molar-refractivity contribution in [1.29, 1.82) is 0 Å². The van der Waals surface area contributed by atoms with Gasteiger partial charge in [0.1, 0.15) is 0 Å². The van der Waals surface area contributed by atoms with E-state index < -0.39 is 10.0 Å². The number of anilines is 1. The first-order valence-electron chi connectivity index (χ1n) is 9.17. The number of carbonyl (C=O) groups is 1. The van der Waals surface area contributed by atoms with Crippen molar-refractivity contribution in [1.82, 2.24) is 4.90 Å². The lowest BCUT2D eigenvalue weighted by Gasteiger charge is -2.34. The van der Waals surface area contributed by atoms with Crippen molar-refractivity contribution in [3.8, 4) is 0 Å².